The third-order valence-electron chi connectivity index (χ3n) is 6.26. The molecule has 2 heterocycles. The van der Waals surface area contributed by atoms with E-state index < -0.39 is 0 Å². The van der Waals surface area contributed by atoms with Crippen molar-refractivity contribution in [1.29, 1.82) is 0 Å². The molecule has 132 valence electrons. The molecule has 1 N–H and O–H groups in total. The third kappa shape index (κ3) is 3.83. The van der Waals surface area contributed by atoms with Gasteiger partial charge in [-0.05, 0) is 62.3 Å². The number of aromatic nitrogens is 1. The number of rotatable bonds is 5. The van der Waals surface area contributed by atoms with Gasteiger partial charge in [-0.15, -0.1) is 11.3 Å². The molecule has 3 aliphatic rings. The summed E-state index contributed by atoms with van der Waals surface area (Å²) in [5, 5.41) is 5.93. The second-order valence-corrected chi connectivity index (χ2v) is 9.17. The normalized spacial score (nSPS) is 33.0. The Kier molecular flexibility index (Phi) is 4.90. The average molecular weight is 348 g/mol. The first-order valence-corrected chi connectivity index (χ1v) is 10.5. The maximum absolute atomic E-state index is 12.3. The molecular formula is C19H29N3OS. The van der Waals surface area contributed by atoms with Gasteiger partial charge in [-0.25, -0.2) is 4.98 Å². The van der Waals surface area contributed by atoms with Gasteiger partial charge < -0.3 is 5.32 Å². The van der Waals surface area contributed by atoms with E-state index in [0.29, 0.717) is 12.3 Å². The van der Waals surface area contributed by atoms with Crippen LogP contribution in [0.15, 0.2) is 5.38 Å². The Balaban J connectivity index is 1.26. The second-order valence-electron chi connectivity index (χ2n) is 8.31. The summed E-state index contributed by atoms with van der Waals surface area (Å²) in [6.07, 6.45) is 8.71. The van der Waals surface area contributed by atoms with Gasteiger partial charge in [0.05, 0.1) is 5.69 Å². The first kappa shape index (κ1) is 16.5. The lowest BCUT2D eigenvalue weighted by Crippen LogP contribution is -2.33. The topological polar surface area (TPSA) is 45.2 Å². The molecule has 1 amide bonds. The zero-order valence-electron chi connectivity index (χ0n) is 14.7. The van der Waals surface area contributed by atoms with E-state index in [1.807, 2.05) is 0 Å². The number of hydrogen-bond donors (Lipinski definition) is 1. The Hall–Kier alpha value is -0.940. The molecule has 5 heteroatoms. The molecule has 2 bridgehead atoms. The highest BCUT2D eigenvalue weighted by Crippen LogP contribution is 2.49. The number of nitrogens with one attached hydrogen (secondary N) is 1. The number of amides is 1. The van der Waals surface area contributed by atoms with Crippen molar-refractivity contribution in [2.75, 3.05) is 18.4 Å². The van der Waals surface area contributed by atoms with E-state index in [9.17, 15) is 4.79 Å². The van der Waals surface area contributed by atoms with Gasteiger partial charge in [-0.3, -0.25) is 9.69 Å². The Bertz CT molecular complexity index is 587. The van der Waals surface area contributed by atoms with E-state index in [-0.39, 0.29) is 5.91 Å². The van der Waals surface area contributed by atoms with Crippen LogP contribution in [0.5, 0.6) is 0 Å². The molecule has 2 aliphatic carbocycles. The van der Waals surface area contributed by atoms with E-state index in [1.54, 1.807) is 11.3 Å². The number of fused-ring (bicyclic) bond motifs is 2. The first-order chi connectivity index (χ1) is 11.7. The quantitative estimate of drug-likeness (QED) is 0.871. The predicted octanol–water partition coefficient (Wildman–Crippen LogP) is 4.14. The summed E-state index contributed by atoms with van der Waals surface area (Å²) in [5.41, 5.74) is 1.10. The zero-order valence-corrected chi connectivity index (χ0v) is 15.5. The number of nitrogens with zero attached hydrogens (tertiary/aromatic N) is 2. The molecule has 1 aliphatic heterocycles. The van der Waals surface area contributed by atoms with Crippen molar-refractivity contribution in [3.8, 4) is 0 Å². The Morgan fingerprint density at radius 1 is 1.38 bits per heavy atom. The van der Waals surface area contributed by atoms with Crippen LogP contribution in [0.2, 0.25) is 0 Å². The van der Waals surface area contributed by atoms with Crippen LogP contribution in [0.3, 0.4) is 0 Å². The molecule has 1 aromatic rings. The predicted molar refractivity (Wildman–Crippen MR) is 98.0 cm³/mol. The lowest BCUT2D eigenvalue weighted by atomic mass is 9.86. The minimum atomic E-state index is 0.167. The highest BCUT2D eigenvalue weighted by atomic mass is 32.1. The van der Waals surface area contributed by atoms with Crippen molar-refractivity contribution in [2.24, 2.45) is 23.7 Å². The lowest BCUT2D eigenvalue weighted by Gasteiger charge is -2.30. The van der Waals surface area contributed by atoms with E-state index in [1.165, 1.54) is 51.6 Å². The fourth-order valence-electron chi connectivity index (χ4n) is 5.13. The number of anilines is 1. The summed E-state index contributed by atoms with van der Waals surface area (Å²) in [7, 11) is 0. The Labute approximate surface area is 149 Å². The highest BCUT2D eigenvalue weighted by Gasteiger charge is 2.40. The van der Waals surface area contributed by atoms with Crippen molar-refractivity contribution in [1.82, 2.24) is 9.88 Å². The van der Waals surface area contributed by atoms with Crippen LogP contribution in [0.25, 0.3) is 0 Å². The fraction of sp³-hybridized carbons (Fsp3) is 0.789. The number of likely N-dealkylation sites (tertiary alicyclic amines) is 1. The molecule has 4 atom stereocenters. The average Bonchev–Trinajstić information content (AvgIpc) is 3.24. The smallest absolute Gasteiger partial charge is 0.226 e. The van der Waals surface area contributed by atoms with Gasteiger partial charge in [0.2, 0.25) is 5.91 Å². The summed E-state index contributed by atoms with van der Waals surface area (Å²) in [6.45, 7) is 5.59. The van der Waals surface area contributed by atoms with Crippen LogP contribution >= 0.6 is 11.3 Å². The maximum atomic E-state index is 12.3. The number of hydrogen-bond acceptors (Lipinski definition) is 4. The zero-order chi connectivity index (χ0) is 16.5. The van der Waals surface area contributed by atoms with Crippen molar-refractivity contribution >= 4 is 22.4 Å². The first-order valence-electron chi connectivity index (χ1n) is 9.62. The summed E-state index contributed by atoms with van der Waals surface area (Å²) >= 11 is 1.57. The lowest BCUT2D eigenvalue weighted by molar-refractivity contribution is -0.117. The number of carbonyl (C=O) groups excluding carboxylic acids is 1. The molecule has 1 saturated heterocycles. The monoisotopic (exact) mass is 347 g/mol. The molecule has 4 nitrogen and oxygen atoms in total. The molecule has 4 unspecified atom stereocenters. The fourth-order valence-corrected chi connectivity index (χ4v) is 5.85. The molecule has 0 aromatic carbocycles. The molecule has 24 heavy (non-hydrogen) atoms. The van der Waals surface area contributed by atoms with Crippen LogP contribution in [0.1, 0.15) is 57.6 Å². The summed E-state index contributed by atoms with van der Waals surface area (Å²) in [4.78, 5) is 19.5. The van der Waals surface area contributed by atoms with E-state index in [2.05, 4.69) is 27.5 Å². The highest BCUT2D eigenvalue weighted by molar-refractivity contribution is 7.13. The van der Waals surface area contributed by atoms with Crippen molar-refractivity contribution in [3.63, 3.8) is 0 Å². The summed E-state index contributed by atoms with van der Waals surface area (Å²) < 4.78 is 0. The molecular weight excluding hydrogens is 318 g/mol. The summed E-state index contributed by atoms with van der Waals surface area (Å²) in [5.74, 6) is 3.30. The van der Waals surface area contributed by atoms with Crippen LogP contribution in [0, 0.1) is 23.7 Å². The van der Waals surface area contributed by atoms with Crippen molar-refractivity contribution < 1.29 is 4.79 Å². The third-order valence-corrected chi connectivity index (χ3v) is 7.06. The van der Waals surface area contributed by atoms with Gasteiger partial charge >= 0.3 is 0 Å². The van der Waals surface area contributed by atoms with Gasteiger partial charge in [-0.2, -0.15) is 0 Å². The van der Waals surface area contributed by atoms with Crippen LogP contribution in [-0.4, -0.2) is 28.9 Å². The SMILES string of the molecule is CC1CCCN(Cc2csc(NC(=O)CC3CC4CCC3C4)n2)C1. The van der Waals surface area contributed by atoms with Crippen LogP contribution in [-0.2, 0) is 11.3 Å². The Morgan fingerprint density at radius 3 is 3.04 bits per heavy atom. The minimum Gasteiger partial charge on any atom is -0.302 e. The van der Waals surface area contributed by atoms with Gasteiger partial charge in [-0.1, -0.05) is 13.3 Å². The van der Waals surface area contributed by atoms with E-state index >= 15 is 0 Å². The van der Waals surface area contributed by atoms with Crippen molar-refractivity contribution in [2.45, 2.75) is 58.4 Å². The number of carbonyl (C=O) groups is 1. The maximum Gasteiger partial charge on any atom is 0.226 e. The molecule has 0 radical (unpaired) electrons. The van der Waals surface area contributed by atoms with Gasteiger partial charge in [0.25, 0.3) is 0 Å². The molecule has 2 saturated carbocycles. The standard InChI is InChI=1S/C19H29N3OS/c1-13-3-2-6-22(10-13)11-17-12-24-19(20-17)21-18(23)9-16-8-14-4-5-15(16)7-14/h12-16H,2-11H2,1H3,(H,20,21,23). The number of piperidine rings is 1. The minimum absolute atomic E-state index is 0.167. The molecule has 3 fully saturated rings. The number of thiazole rings is 1. The molecule has 0 spiro atoms. The Morgan fingerprint density at radius 2 is 2.29 bits per heavy atom. The van der Waals surface area contributed by atoms with E-state index in [4.69, 9.17) is 0 Å². The van der Waals surface area contributed by atoms with Crippen molar-refractivity contribution in [3.05, 3.63) is 11.1 Å². The summed E-state index contributed by atoms with van der Waals surface area (Å²) in [6, 6.07) is 0. The van der Waals surface area contributed by atoms with Gasteiger partial charge in [0, 0.05) is 24.9 Å². The van der Waals surface area contributed by atoms with E-state index in [0.717, 1.165) is 35.1 Å². The van der Waals surface area contributed by atoms with Crippen LogP contribution in [0.4, 0.5) is 5.13 Å². The van der Waals surface area contributed by atoms with Gasteiger partial charge in [0.15, 0.2) is 5.13 Å². The van der Waals surface area contributed by atoms with Gasteiger partial charge in [0.1, 0.15) is 0 Å². The molecule has 1 aromatic heterocycles. The molecule has 4 rings (SSSR count). The van der Waals surface area contributed by atoms with Crippen LogP contribution < -0.4 is 5.32 Å². The second kappa shape index (κ2) is 7.12. The largest absolute Gasteiger partial charge is 0.302 e.